The van der Waals surface area contributed by atoms with Gasteiger partial charge in [-0.3, -0.25) is 0 Å². The number of halogens is 2. The normalized spacial score (nSPS) is 24.3. The van der Waals surface area contributed by atoms with E-state index < -0.39 is 25.0 Å². The third-order valence-corrected chi connectivity index (χ3v) is 1.31. The van der Waals surface area contributed by atoms with Crippen molar-refractivity contribution < 1.29 is 13.6 Å². The van der Waals surface area contributed by atoms with Gasteiger partial charge in [0.05, 0.1) is 13.1 Å². The van der Waals surface area contributed by atoms with Crippen molar-refractivity contribution in [2.24, 2.45) is 0 Å². The number of urea groups is 1. The van der Waals surface area contributed by atoms with Crippen LogP contribution in [-0.4, -0.2) is 37.0 Å². The molecule has 0 unspecified atom stereocenters. The molecule has 5 heteroatoms. The van der Waals surface area contributed by atoms with Crippen LogP contribution in [-0.2, 0) is 0 Å². The Balaban J connectivity index is 2.57. The monoisotopic (exact) mass is 150 g/mol. The van der Waals surface area contributed by atoms with Crippen molar-refractivity contribution in [3.05, 3.63) is 0 Å². The minimum atomic E-state index is -2.78. The van der Waals surface area contributed by atoms with Crippen LogP contribution >= 0.6 is 0 Å². The first-order chi connectivity index (χ1) is 4.51. The summed E-state index contributed by atoms with van der Waals surface area (Å²) in [6, 6.07) is -0.439. The van der Waals surface area contributed by atoms with E-state index in [2.05, 4.69) is 5.32 Å². The van der Waals surface area contributed by atoms with E-state index in [1.54, 1.807) is 0 Å². The van der Waals surface area contributed by atoms with Gasteiger partial charge in [0.15, 0.2) is 0 Å². The summed E-state index contributed by atoms with van der Waals surface area (Å²) in [5, 5.41) is 2.06. The van der Waals surface area contributed by atoms with Crippen LogP contribution in [0, 0.1) is 0 Å². The van der Waals surface area contributed by atoms with Crippen LogP contribution in [0.25, 0.3) is 0 Å². The van der Waals surface area contributed by atoms with Gasteiger partial charge in [-0.05, 0) is 0 Å². The van der Waals surface area contributed by atoms with E-state index >= 15 is 0 Å². The summed E-state index contributed by atoms with van der Waals surface area (Å²) >= 11 is 0. The van der Waals surface area contributed by atoms with Crippen LogP contribution in [0.15, 0.2) is 0 Å². The Bertz CT molecular complexity index is 160. The summed E-state index contributed by atoms with van der Waals surface area (Å²) in [7, 11) is 1.34. The summed E-state index contributed by atoms with van der Waals surface area (Å²) in [4.78, 5) is 11.5. The van der Waals surface area contributed by atoms with Crippen LogP contribution in [0.2, 0.25) is 0 Å². The van der Waals surface area contributed by atoms with Gasteiger partial charge in [0.25, 0.3) is 5.92 Å². The molecule has 10 heavy (non-hydrogen) atoms. The summed E-state index contributed by atoms with van der Waals surface area (Å²) < 4.78 is 24.7. The van der Waals surface area contributed by atoms with E-state index in [1.165, 1.54) is 7.05 Å². The highest BCUT2D eigenvalue weighted by atomic mass is 19.3. The molecule has 0 spiro atoms. The van der Waals surface area contributed by atoms with E-state index in [1.807, 2.05) is 0 Å². The predicted octanol–water partition coefficient (Wildman–Crippen LogP) is 0.277. The topological polar surface area (TPSA) is 32.3 Å². The SMILES string of the molecule is CN1CC(F)(F)CNC1=O. The number of carbonyl (C=O) groups excluding carboxylic acids is 1. The predicted molar refractivity (Wildman–Crippen MR) is 31.0 cm³/mol. The van der Waals surface area contributed by atoms with Crippen LogP contribution in [0.5, 0.6) is 0 Å². The molecule has 1 rings (SSSR count). The lowest BCUT2D eigenvalue weighted by atomic mass is 10.3. The second-order valence-corrected chi connectivity index (χ2v) is 2.37. The minimum Gasteiger partial charge on any atom is -0.332 e. The number of amides is 2. The van der Waals surface area contributed by atoms with Gasteiger partial charge in [0.2, 0.25) is 0 Å². The molecule has 0 aromatic heterocycles. The second-order valence-electron chi connectivity index (χ2n) is 2.37. The first-order valence-electron chi connectivity index (χ1n) is 2.88. The van der Waals surface area contributed by atoms with Crippen molar-refractivity contribution in [3.63, 3.8) is 0 Å². The van der Waals surface area contributed by atoms with E-state index in [9.17, 15) is 13.6 Å². The lowest BCUT2D eigenvalue weighted by Crippen LogP contribution is -2.55. The third-order valence-electron chi connectivity index (χ3n) is 1.31. The molecule has 0 atom stereocenters. The summed E-state index contributed by atoms with van der Waals surface area (Å²) in [5.74, 6) is -2.78. The number of hydrogen-bond donors (Lipinski definition) is 1. The largest absolute Gasteiger partial charge is 0.332 e. The van der Waals surface area contributed by atoms with Gasteiger partial charge in [-0.2, -0.15) is 0 Å². The van der Waals surface area contributed by atoms with Gasteiger partial charge in [0, 0.05) is 7.05 Å². The third kappa shape index (κ3) is 1.34. The molecule has 0 radical (unpaired) electrons. The first kappa shape index (κ1) is 7.24. The lowest BCUT2D eigenvalue weighted by molar-refractivity contribution is -0.0297. The highest BCUT2D eigenvalue weighted by Crippen LogP contribution is 2.16. The number of alkyl halides is 2. The molecular formula is C5H8F2N2O. The van der Waals surface area contributed by atoms with Crippen molar-refractivity contribution in [2.75, 3.05) is 20.1 Å². The van der Waals surface area contributed by atoms with E-state index in [0.29, 0.717) is 0 Å². The molecule has 58 valence electrons. The molecule has 1 fully saturated rings. The van der Waals surface area contributed by atoms with Crippen LogP contribution in [0.4, 0.5) is 13.6 Å². The van der Waals surface area contributed by atoms with Gasteiger partial charge >= 0.3 is 6.03 Å². The smallest absolute Gasteiger partial charge is 0.317 e. The molecule has 0 aromatic carbocycles. The molecular weight excluding hydrogens is 142 g/mol. The number of rotatable bonds is 0. The molecule has 1 saturated heterocycles. The van der Waals surface area contributed by atoms with Crippen molar-refractivity contribution in [2.45, 2.75) is 5.92 Å². The molecule has 1 N–H and O–H groups in total. The Morgan fingerprint density at radius 2 is 2.30 bits per heavy atom. The molecule has 0 bridgehead atoms. The average Bonchev–Trinajstić information content (AvgIpc) is 1.79. The second kappa shape index (κ2) is 2.07. The number of nitrogens with one attached hydrogen (secondary N) is 1. The molecule has 1 aliphatic rings. The maximum absolute atomic E-state index is 12.4. The van der Waals surface area contributed by atoms with Gasteiger partial charge in [-0.1, -0.05) is 0 Å². The van der Waals surface area contributed by atoms with Crippen LogP contribution < -0.4 is 5.32 Å². The zero-order chi connectivity index (χ0) is 7.78. The lowest BCUT2D eigenvalue weighted by Gasteiger charge is -2.29. The Morgan fingerprint density at radius 3 is 2.70 bits per heavy atom. The number of carbonyl (C=O) groups is 1. The standard InChI is InChI=1S/C5H8F2N2O/c1-9-3-5(6,7)2-8-4(9)10/h2-3H2,1H3,(H,8,10). The summed E-state index contributed by atoms with van der Waals surface area (Å²) in [6.45, 7) is -1.03. The van der Waals surface area contributed by atoms with Crippen molar-refractivity contribution in [1.82, 2.24) is 10.2 Å². The van der Waals surface area contributed by atoms with E-state index in [4.69, 9.17) is 0 Å². The quantitative estimate of drug-likeness (QED) is 0.528. The van der Waals surface area contributed by atoms with Crippen molar-refractivity contribution in [1.29, 1.82) is 0 Å². The Kier molecular flexibility index (Phi) is 1.50. The van der Waals surface area contributed by atoms with Crippen molar-refractivity contribution >= 4 is 6.03 Å². The van der Waals surface area contributed by atoms with Gasteiger partial charge in [-0.15, -0.1) is 0 Å². The molecule has 0 aliphatic carbocycles. The molecule has 0 aromatic rings. The average molecular weight is 150 g/mol. The molecule has 2 amide bonds. The van der Waals surface area contributed by atoms with Gasteiger partial charge in [-0.25, -0.2) is 13.6 Å². The van der Waals surface area contributed by atoms with Gasteiger partial charge < -0.3 is 10.2 Å². The molecule has 3 nitrogen and oxygen atoms in total. The fraction of sp³-hybridized carbons (Fsp3) is 0.800. The summed E-state index contributed by atoms with van der Waals surface area (Å²) in [5.41, 5.74) is 0. The number of nitrogens with zero attached hydrogens (tertiary/aromatic N) is 1. The highest BCUT2D eigenvalue weighted by Gasteiger charge is 2.36. The van der Waals surface area contributed by atoms with Gasteiger partial charge in [0.1, 0.15) is 0 Å². The number of hydrogen-bond acceptors (Lipinski definition) is 1. The maximum atomic E-state index is 12.4. The molecule has 1 heterocycles. The van der Waals surface area contributed by atoms with Crippen LogP contribution in [0.3, 0.4) is 0 Å². The highest BCUT2D eigenvalue weighted by molar-refractivity contribution is 5.74. The Hall–Kier alpha value is -0.870. The van der Waals surface area contributed by atoms with E-state index in [0.717, 1.165) is 4.90 Å². The van der Waals surface area contributed by atoms with Crippen molar-refractivity contribution in [3.8, 4) is 0 Å². The zero-order valence-corrected chi connectivity index (χ0v) is 5.53. The van der Waals surface area contributed by atoms with Crippen LogP contribution in [0.1, 0.15) is 0 Å². The Labute approximate surface area is 57.0 Å². The molecule has 1 aliphatic heterocycles. The fourth-order valence-corrected chi connectivity index (χ4v) is 0.815. The zero-order valence-electron chi connectivity index (χ0n) is 5.53. The Morgan fingerprint density at radius 1 is 1.70 bits per heavy atom. The minimum absolute atomic E-state index is 0.439. The maximum Gasteiger partial charge on any atom is 0.317 e. The molecule has 0 saturated carbocycles. The van der Waals surface area contributed by atoms with E-state index in [-0.39, 0.29) is 0 Å². The first-order valence-corrected chi connectivity index (χ1v) is 2.88. The summed E-state index contributed by atoms with van der Waals surface area (Å²) in [6.07, 6.45) is 0. The fourth-order valence-electron chi connectivity index (χ4n) is 0.815.